The van der Waals surface area contributed by atoms with Gasteiger partial charge in [-0.3, -0.25) is 9.78 Å². The van der Waals surface area contributed by atoms with Gasteiger partial charge in [0.2, 0.25) is 0 Å². The van der Waals surface area contributed by atoms with E-state index in [1.54, 1.807) is 6.20 Å². The Bertz CT molecular complexity index is 968. The molecular weight excluding hydrogens is 338 g/mol. The monoisotopic (exact) mass is 363 g/mol. The Kier molecular flexibility index (Phi) is 4.66. The van der Waals surface area contributed by atoms with Crippen LogP contribution in [0.2, 0.25) is 0 Å². The highest BCUT2D eigenvalue weighted by Gasteiger charge is 2.18. The maximum atomic E-state index is 12.6. The zero-order valence-electron chi connectivity index (χ0n) is 16.1. The number of anilines is 1. The molecular formula is C21H25N5O. The number of rotatable bonds is 3. The van der Waals surface area contributed by atoms with Crippen LogP contribution >= 0.6 is 0 Å². The van der Waals surface area contributed by atoms with E-state index >= 15 is 0 Å². The van der Waals surface area contributed by atoms with Crippen LogP contribution in [0.3, 0.4) is 0 Å². The van der Waals surface area contributed by atoms with Crippen molar-refractivity contribution in [1.29, 1.82) is 0 Å². The summed E-state index contributed by atoms with van der Waals surface area (Å²) < 4.78 is 1.86. The van der Waals surface area contributed by atoms with Crippen LogP contribution < -0.4 is 5.32 Å². The maximum Gasteiger partial charge on any atom is 0.275 e. The number of benzene rings is 1. The lowest BCUT2D eigenvalue weighted by Gasteiger charge is -2.29. The number of carbonyl (C=O) groups excluding carboxylic acids is 1. The van der Waals surface area contributed by atoms with Crippen molar-refractivity contribution in [2.45, 2.75) is 32.6 Å². The Hall–Kier alpha value is -2.73. The first-order valence-corrected chi connectivity index (χ1v) is 9.42. The van der Waals surface area contributed by atoms with Crippen molar-refractivity contribution in [2.75, 3.05) is 25.5 Å². The van der Waals surface area contributed by atoms with E-state index in [9.17, 15) is 4.79 Å². The van der Waals surface area contributed by atoms with Crippen LogP contribution in [0.5, 0.6) is 0 Å². The second kappa shape index (κ2) is 7.12. The molecule has 1 fully saturated rings. The van der Waals surface area contributed by atoms with Gasteiger partial charge in [-0.15, -0.1) is 0 Å². The Balaban J connectivity index is 1.47. The van der Waals surface area contributed by atoms with Gasteiger partial charge in [0.15, 0.2) is 5.65 Å². The van der Waals surface area contributed by atoms with Gasteiger partial charge in [0.25, 0.3) is 5.91 Å². The van der Waals surface area contributed by atoms with Gasteiger partial charge in [0.1, 0.15) is 5.69 Å². The summed E-state index contributed by atoms with van der Waals surface area (Å²) in [6.07, 6.45) is 6.01. The molecule has 6 heteroatoms. The van der Waals surface area contributed by atoms with Crippen LogP contribution in [0, 0.1) is 13.8 Å². The minimum Gasteiger partial charge on any atom is -0.321 e. The van der Waals surface area contributed by atoms with Crippen molar-refractivity contribution < 1.29 is 4.79 Å². The van der Waals surface area contributed by atoms with E-state index < -0.39 is 0 Å². The smallest absolute Gasteiger partial charge is 0.275 e. The zero-order chi connectivity index (χ0) is 19.0. The molecule has 6 nitrogen and oxygen atoms in total. The summed E-state index contributed by atoms with van der Waals surface area (Å²) in [6.45, 7) is 6.12. The number of hydrogen-bond donors (Lipinski definition) is 1. The van der Waals surface area contributed by atoms with Crippen LogP contribution in [0.15, 0.2) is 36.7 Å². The molecule has 1 aromatic carbocycles. The predicted octanol–water partition coefficient (Wildman–Crippen LogP) is 3.41. The van der Waals surface area contributed by atoms with Gasteiger partial charge in [-0.05, 0) is 70.4 Å². The predicted molar refractivity (Wildman–Crippen MR) is 106 cm³/mol. The van der Waals surface area contributed by atoms with Gasteiger partial charge in [0, 0.05) is 18.1 Å². The summed E-state index contributed by atoms with van der Waals surface area (Å²) in [7, 11) is 2.17. The zero-order valence-corrected chi connectivity index (χ0v) is 16.1. The first-order valence-electron chi connectivity index (χ1n) is 9.42. The Morgan fingerprint density at radius 1 is 1.07 bits per heavy atom. The average molecular weight is 363 g/mol. The number of likely N-dealkylation sites (tertiary alicyclic amines) is 1. The summed E-state index contributed by atoms with van der Waals surface area (Å²) in [6, 6.07) is 8.23. The second-order valence-electron chi connectivity index (χ2n) is 7.48. The molecule has 0 bridgehead atoms. The van der Waals surface area contributed by atoms with Crippen LogP contribution in [0.4, 0.5) is 5.69 Å². The molecule has 0 spiro atoms. The quantitative estimate of drug-likeness (QED) is 0.775. The van der Waals surface area contributed by atoms with Crippen LogP contribution in [0.1, 0.15) is 46.2 Å². The van der Waals surface area contributed by atoms with E-state index in [1.165, 1.54) is 18.4 Å². The molecule has 0 atom stereocenters. The number of carbonyl (C=O) groups is 1. The number of aromatic nitrogens is 3. The molecule has 1 aliphatic rings. The first kappa shape index (κ1) is 17.7. The fourth-order valence-electron chi connectivity index (χ4n) is 3.79. The number of aryl methyl sites for hydroxylation is 2. The molecule has 1 saturated heterocycles. The molecule has 3 aromatic rings. The minimum atomic E-state index is -0.206. The average Bonchev–Trinajstić information content (AvgIpc) is 3.08. The molecule has 4 rings (SSSR count). The van der Waals surface area contributed by atoms with Crippen molar-refractivity contribution in [2.24, 2.45) is 0 Å². The van der Waals surface area contributed by atoms with Gasteiger partial charge >= 0.3 is 0 Å². The standard InChI is InChI=1S/C21H25N5O/c1-14-12-26-13-19(24-20(26)15(2)22-14)21(27)23-18-6-4-16(5-7-18)17-8-10-25(3)11-9-17/h4-7,12-13,17H,8-11H2,1-3H3,(H,23,27). The fraction of sp³-hybridized carbons (Fsp3) is 0.381. The lowest BCUT2D eigenvalue weighted by molar-refractivity contribution is 0.102. The largest absolute Gasteiger partial charge is 0.321 e. The Morgan fingerprint density at radius 2 is 1.78 bits per heavy atom. The molecule has 27 heavy (non-hydrogen) atoms. The van der Waals surface area contributed by atoms with Gasteiger partial charge in [-0.2, -0.15) is 0 Å². The number of fused-ring (bicyclic) bond motifs is 1. The SMILES string of the molecule is Cc1cn2cc(C(=O)Nc3ccc(C4CCN(C)CC4)cc3)nc2c(C)n1. The number of hydrogen-bond acceptors (Lipinski definition) is 4. The van der Waals surface area contributed by atoms with Gasteiger partial charge < -0.3 is 14.6 Å². The Labute approximate surface area is 159 Å². The number of imidazole rings is 1. The highest BCUT2D eigenvalue weighted by Crippen LogP contribution is 2.28. The molecule has 0 saturated carbocycles. The molecule has 140 valence electrons. The number of amides is 1. The second-order valence-corrected chi connectivity index (χ2v) is 7.48. The van der Waals surface area contributed by atoms with E-state index in [1.807, 2.05) is 36.6 Å². The molecule has 1 amide bonds. The maximum absolute atomic E-state index is 12.6. The molecule has 1 aliphatic heterocycles. The van der Waals surface area contributed by atoms with E-state index in [-0.39, 0.29) is 5.91 Å². The third kappa shape index (κ3) is 3.71. The number of nitrogens with zero attached hydrogens (tertiary/aromatic N) is 4. The summed E-state index contributed by atoms with van der Waals surface area (Å²) in [5.74, 6) is 0.408. The van der Waals surface area contributed by atoms with Crippen molar-refractivity contribution in [3.05, 3.63) is 59.3 Å². The number of piperidine rings is 1. The highest BCUT2D eigenvalue weighted by atomic mass is 16.1. The van der Waals surface area contributed by atoms with E-state index in [0.717, 1.165) is 30.2 Å². The van der Waals surface area contributed by atoms with E-state index in [4.69, 9.17) is 0 Å². The van der Waals surface area contributed by atoms with Gasteiger partial charge in [-0.25, -0.2) is 4.98 Å². The van der Waals surface area contributed by atoms with Crippen molar-refractivity contribution >= 4 is 17.2 Å². The Morgan fingerprint density at radius 3 is 2.48 bits per heavy atom. The molecule has 3 heterocycles. The van der Waals surface area contributed by atoms with Crippen molar-refractivity contribution in [1.82, 2.24) is 19.3 Å². The molecule has 0 radical (unpaired) electrons. The number of nitrogens with one attached hydrogen (secondary N) is 1. The summed E-state index contributed by atoms with van der Waals surface area (Å²) in [4.78, 5) is 23.8. The lowest BCUT2D eigenvalue weighted by Crippen LogP contribution is -2.29. The van der Waals surface area contributed by atoms with E-state index in [2.05, 4.69) is 39.4 Å². The van der Waals surface area contributed by atoms with Crippen molar-refractivity contribution in [3.8, 4) is 0 Å². The third-order valence-corrected chi connectivity index (χ3v) is 5.32. The van der Waals surface area contributed by atoms with Crippen molar-refractivity contribution in [3.63, 3.8) is 0 Å². The minimum absolute atomic E-state index is 0.206. The normalized spacial score (nSPS) is 16.0. The van der Waals surface area contributed by atoms with Gasteiger partial charge in [-0.1, -0.05) is 12.1 Å². The van der Waals surface area contributed by atoms with Crippen LogP contribution in [-0.2, 0) is 0 Å². The summed E-state index contributed by atoms with van der Waals surface area (Å²) in [5, 5.41) is 2.95. The molecule has 0 aliphatic carbocycles. The summed E-state index contributed by atoms with van der Waals surface area (Å²) in [5.41, 5.74) is 4.96. The molecule has 2 aromatic heterocycles. The fourth-order valence-corrected chi connectivity index (χ4v) is 3.79. The topological polar surface area (TPSA) is 62.5 Å². The van der Waals surface area contributed by atoms with Crippen LogP contribution in [-0.4, -0.2) is 45.3 Å². The van der Waals surface area contributed by atoms with Gasteiger partial charge in [0.05, 0.1) is 11.4 Å². The molecule has 1 N–H and O–H groups in total. The first-order chi connectivity index (χ1) is 13.0. The third-order valence-electron chi connectivity index (χ3n) is 5.32. The highest BCUT2D eigenvalue weighted by molar-refractivity contribution is 6.03. The lowest BCUT2D eigenvalue weighted by atomic mass is 9.89. The van der Waals surface area contributed by atoms with Crippen LogP contribution in [0.25, 0.3) is 5.65 Å². The summed E-state index contributed by atoms with van der Waals surface area (Å²) >= 11 is 0. The molecule has 0 unspecified atom stereocenters. The van der Waals surface area contributed by atoms with E-state index in [0.29, 0.717) is 17.3 Å².